The number of hydrogen-bond acceptors (Lipinski definition) is 3. The highest BCUT2D eigenvalue weighted by Crippen LogP contribution is 2.25. The molecule has 1 aliphatic heterocycles. The van der Waals surface area contributed by atoms with Crippen LogP contribution >= 0.6 is 11.3 Å². The van der Waals surface area contributed by atoms with Gasteiger partial charge in [0, 0.05) is 35.9 Å². The van der Waals surface area contributed by atoms with E-state index in [1.54, 1.807) is 12.1 Å². The molecule has 0 saturated carbocycles. The molecule has 2 aromatic carbocycles. The summed E-state index contributed by atoms with van der Waals surface area (Å²) in [4.78, 5) is 20.3. The lowest BCUT2D eigenvalue weighted by Gasteiger charge is -2.28. The van der Waals surface area contributed by atoms with E-state index in [4.69, 9.17) is 0 Å². The molecule has 4 nitrogen and oxygen atoms in total. The van der Waals surface area contributed by atoms with E-state index in [1.165, 1.54) is 34.6 Å². The molecule has 6 heteroatoms. The molecule has 3 heterocycles. The molecule has 4 aromatic rings. The molecule has 5 rings (SSSR count). The Balaban J connectivity index is 1.37. The van der Waals surface area contributed by atoms with E-state index in [0.717, 1.165) is 34.9 Å². The zero-order chi connectivity index (χ0) is 19.1. The van der Waals surface area contributed by atoms with Crippen LogP contribution in [0.2, 0.25) is 0 Å². The summed E-state index contributed by atoms with van der Waals surface area (Å²) in [6.07, 6.45) is 3.18. The lowest BCUT2D eigenvalue weighted by molar-refractivity contribution is -0.131. The normalized spacial score (nSPS) is 13.7. The predicted molar refractivity (Wildman–Crippen MR) is 108 cm³/mol. The predicted octanol–water partition coefficient (Wildman–Crippen LogP) is 4.33. The van der Waals surface area contributed by atoms with E-state index in [-0.39, 0.29) is 11.7 Å². The van der Waals surface area contributed by atoms with Crippen LogP contribution in [0.3, 0.4) is 0 Å². The Morgan fingerprint density at radius 2 is 1.89 bits per heavy atom. The van der Waals surface area contributed by atoms with Crippen LogP contribution in [-0.2, 0) is 24.2 Å². The Morgan fingerprint density at radius 3 is 2.71 bits per heavy atom. The number of nitrogens with zero attached hydrogens (tertiary/aromatic N) is 3. The Kier molecular flexibility index (Phi) is 4.20. The van der Waals surface area contributed by atoms with Gasteiger partial charge in [0.25, 0.3) is 0 Å². The first-order valence-electron chi connectivity index (χ1n) is 9.23. The highest BCUT2D eigenvalue weighted by molar-refractivity contribution is 7.15. The molecule has 0 radical (unpaired) electrons. The van der Waals surface area contributed by atoms with Gasteiger partial charge in [-0.1, -0.05) is 24.3 Å². The molecule has 0 bridgehead atoms. The van der Waals surface area contributed by atoms with Gasteiger partial charge in [0.2, 0.25) is 5.91 Å². The first-order valence-corrected chi connectivity index (χ1v) is 10.1. The summed E-state index contributed by atoms with van der Waals surface area (Å²) >= 11 is 1.52. The maximum Gasteiger partial charge on any atom is 0.228 e. The Hall–Kier alpha value is -2.99. The van der Waals surface area contributed by atoms with Crippen LogP contribution < -0.4 is 0 Å². The minimum absolute atomic E-state index is 0.131. The second kappa shape index (κ2) is 6.87. The summed E-state index contributed by atoms with van der Waals surface area (Å²) in [5.41, 5.74) is 5.15. The molecule has 2 aromatic heterocycles. The third-order valence-corrected chi connectivity index (χ3v) is 6.13. The summed E-state index contributed by atoms with van der Waals surface area (Å²) < 4.78 is 15.1. The van der Waals surface area contributed by atoms with Crippen molar-refractivity contribution in [1.29, 1.82) is 0 Å². The number of thiazole rings is 1. The lowest BCUT2D eigenvalue weighted by Crippen LogP contribution is -2.37. The van der Waals surface area contributed by atoms with Crippen molar-refractivity contribution in [2.45, 2.75) is 19.4 Å². The summed E-state index contributed by atoms with van der Waals surface area (Å²) in [5.74, 6) is -0.134. The molecule has 0 unspecified atom stereocenters. The van der Waals surface area contributed by atoms with Gasteiger partial charge < -0.3 is 4.90 Å². The van der Waals surface area contributed by atoms with Crippen molar-refractivity contribution in [2.75, 3.05) is 6.54 Å². The number of amides is 1. The van der Waals surface area contributed by atoms with Crippen LogP contribution in [0.15, 0.2) is 60.1 Å². The molecule has 0 spiro atoms. The average Bonchev–Trinajstić information content (AvgIpc) is 3.30. The zero-order valence-corrected chi connectivity index (χ0v) is 16.0. The van der Waals surface area contributed by atoms with Gasteiger partial charge in [-0.05, 0) is 41.8 Å². The number of carbonyl (C=O) groups excluding carboxylic acids is 1. The summed E-state index contributed by atoms with van der Waals surface area (Å²) in [5, 5.41) is 1.99. The molecule has 1 aliphatic rings. The Bertz CT molecular complexity index is 1160. The summed E-state index contributed by atoms with van der Waals surface area (Å²) in [6.45, 7) is 1.43. The molecule has 0 atom stereocenters. The number of imidazole rings is 1. The largest absolute Gasteiger partial charge is 0.338 e. The molecule has 0 fully saturated rings. The number of carbonyl (C=O) groups is 1. The van der Waals surface area contributed by atoms with Gasteiger partial charge in [-0.3, -0.25) is 9.20 Å². The minimum atomic E-state index is -0.265. The van der Waals surface area contributed by atoms with Gasteiger partial charge in [-0.15, -0.1) is 11.3 Å². The maximum absolute atomic E-state index is 13.2. The van der Waals surface area contributed by atoms with Crippen LogP contribution in [-0.4, -0.2) is 26.7 Å². The van der Waals surface area contributed by atoms with Crippen LogP contribution in [0.5, 0.6) is 0 Å². The molecular weight excluding hydrogens is 373 g/mol. The van der Waals surface area contributed by atoms with Gasteiger partial charge in [0.1, 0.15) is 5.82 Å². The van der Waals surface area contributed by atoms with E-state index >= 15 is 0 Å². The molecule has 0 saturated heterocycles. The lowest BCUT2D eigenvalue weighted by atomic mass is 10.00. The quantitative estimate of drug-likeness (QED) is 0.521. The smallest absolute Gasteiger partial charge is 0.228 e. The fourth-order valence-electron chi connectivity index (χ4n) is 3.69. The van der Waals surface area contributed by atoms with Crippen molar-refractivity contribution in [2.24, 2.45) is 0 Å². The van der Waals surface area contributed by atoms with Gasteiger partial charge in [0.05, 0.1) is 12.1 Å². The van der Waals surface area contributed by atoms with Crippen LogP contribution in [0.4, 0.5) is 4.39 Å². The first kappa shape index (κ1) is 17.1. The van der Waals surface area contributed by atoms with Crippen molar-refractivity contribution in [3.8, 4) is 11.3 Å². The van der Waals surface area contributed by atoms with E-state index in [1.807, 2.05) is 26.9 Å². The van der Waals surface area contributed by atoms with E-state index < -0.39 is 0 Å². The molecule has 0 N–H and O–H groups in total. The standard InChI is InChI=1S/C22H18FN3OS/c23-18-7-5-16(6-8-18)20-13-26-19(14-28-22(26)24-20)11-21(27)25-10-9-15-3-1-2-4-17(15)12-25/h1-8,13-14H,9-12H2. The fourth-order valence-corrected chi connectivity index (χ4v) is 4.56. The van der Waals surface area contributed by atoms with Crippen molar-refractivity contribution in [3.63, 3.8) is 0 Å². The third kappa shape index (κ3) is 3.10. The van der Waals surface area contributed by atoms with Crippen molar-refractivity contribution < 1.29 is 9.18 Å². The summed E-state index contributed by atoms with van der Waals surface area (Å²) in [6, 6.07) is 14.6. The van der Waals surface area contributed by atoms with Crippen molar-refractivity contribution in [1.82, 2.24) is 14.3 Å². The number of halogens is 1. The van der Waals surface area contributed by atoms with Crippen LogP contribution in [0.1, 0.15) is 16.8 Å². The molecule has 1 amide bonds. The highest BCUT2D eigenvalue weighted by atomic mass is 32.1. The van der Waals surface area contributed by atoms with Crippen LogP contribution in [0, 0.1) is 5.82 Å². The maximum atomic E-state index is 13.2. The summed E-state index contributed by atoms with van der Waals surface area (Å²) in [7, 11) is 0. The van der Waals surface area contributed by atoms with Crippen molar-refractivity contribution in [3.05, 3.63) is 82.7 Å². The number of hydrogen-bond donors (Lipinski definition) is 0. The van der Waals surface area contributed by atoms with E-state index in [9.17, 15) is 9.18 Å². The molecule has 0 aliphatic carbocycles. The number of rotatable bonds is 3. The Morgan fingerprint density at radius 1 is 1.11 bits per heavy atom. The number of benzene rings is 2. The second-order valence-corrected chi connectivity index (χ2v) is 7.86. The van der Waals surface area contributed by atoms with Gasteiger partial charge in [-0.25, -0.2) is 9.37 Å². The SMILES string of the molecule is O=C(Cc1csc2nc(-c3ccc(F)cc3)cn12)N1CCc2ccccc2C1. The fraction of sp³-hybridized carbons (Fsp3) is 0.182. The average molecular weight is 391 g/mol. The van der Waals surface area contributed by atoms with Gasteiger partial charge in [0.15, 0.2) is 4.96 Å². The number of fused-ring (bicyclic) bond motifs is 2. The van der Waals surface area contributed by atoms with Gasteiger partial charge >= 0.3 is 0 Å². The van der Waals surface area contributed by atoms with Gasteiger partial charge in [-0.2, -0.15) is 0 Å². The van der Waals surface area contributed by atoms with Crippen molar-refractivity contribution >= 4 is 22.2 Å². The third-order valence-electron chi connectivity index (χ3n) is 5.24. The zero-order valence-electron chi connectivity index (χ0n) is 15.1. The van der Waals surface area contributed by atoms with Crippen LogP contribution in [0.25, 0.3) is 16.2 Å². The minimum Gasteiger partial charge on any atom is -0.338 e. The molecular formula is C22H18FN3OS. The second-order valence-electron chi connectivity index (χ2n) is 7.02. The molecule has 140 valence electrons. The first-order chi connectivity index (χ1) is 13.7. The van der Waals surface area contributed by atoms with E-state index in [0.29, 0.717) is 13.0 Å². The monoisotopic (exact) mass is 391 g/mol. The number of aromatic nitrogens is 2. The highest BCUT2D eigenvalue weighted by Gasteiger charge is 2.22. The van der Waals surface area contributed by atoms with E-state index in [2.05, 4.69) is 23.2 Å². The Labute approximate surface area is 165 Å². The molecule has 28 heavy (non-hydrogen) atoms. The topological polar surface area (TPSA) is 37.6 Å².